The van der Waals surface area contributed by atoms with Gasteiger partial charge in [0, 0.05) is 33.8 Å². The second-order valence-electron chi connectivity index (χ2n) is 8.35. The van der Waals surface area contributed by atoms with Crippen LogP contribution in [-0.2, 0) is 20.7 Å². The van der Waals surface area contributed by atoms with Crippen molar-refractivity contribution in [1.82, 2.24) is 5.32 Å². The number of amides is 1. The Morgan fingerprint density at radius 3 is 2.31 bits per heavy atom. The van der Waals surface area contributed by atoms with E-state index in [0.29, 0.717) is 47.9 Å². The Hall–Kier alpha value is -3.30. The number of anilines is 1. The largest absolute Gasteiger partial charge is 0.493 e. The molecule has 0 aliphatic heterocycles. The third kappa shape index (κ3) is 5.36. The number of likely N-dealkylation sites (N-methyl/N-ethyl adjacent to an activating group) is 1. The van der Waals surface area contributed by atoms with Crippen LogP contribution in [0.1, 0.15) is 30.5 Å². The summed E-state index contributed by atoms with van der Waals surface area (Å²) in [6.07, 6.45) is 0.745. The molecule has 0 saturated heterocycles. The summed E-state index contributed by atoms with van der Waals surface area (Å²) in [6.45, 7) is 1.83. The maximum atomic E-state index is 13.4. The molecule has 1 atom stereocenters. The highest BCUT2D eigenvalue weighted by molar-refractivity contribution is 5.83. The Labute approximate surface area is 205 Å². The van der Waals surface area contributed by atoms with Gasteiger partial charge >= 0.3 is 0 Å². The van der Waals surface area contributed by atoms with Gasteiger partial charge < -0.3 is 33.9 Å². The molecule has 0 bridgehead atoms. The van der Waals surface area contributed by atoms with E-state index in [2.05, 4.69) is 5.32 Å². The molecule has 1 amide bonds. The van der Waals surface area contributed by atoms with Crippen molar-refractivity contribution in [2.75, 3.05) is 54.0 Å². The summed E-state index contributed by atoms with van der Waals surface area (Å²) in [7, 11) is 9.62. The molecule has 35 heavy (non-hydrogen) atoms. The van der Waals surface area contributed by atoms with E-state index < -0.39 is 6.29 Å². The van der Waals surface area contributed by atoms with E-state index in [-0.39, 0.29) is 17.4 Å². The molecule has 1 aliphatic rings. The molecular formula is C26H34N2O7. The van der Waals surface area contributed by atoms with Gasteiger partial charge in [-0.2, -0.15) is 0 Å². The minimum atomic E-state index is -0.493. The summed E-state index contributed by atoms with van der Waals surface area (Å²) in [5, 5.41) is 3.01. The number of ether oxygens (including phenoxy) is 5. The molecule has 0 spiro atoms. The first-order chi connectivity index (χ1) is 16.8. The van der Waals surface area contributed by atoms with Gasteiger partial charge in [0.2, 0.25) is 17.1 Å². The van der Waals surface area contributed by atoms with Crippen molar-refractivity contribution in [2.24, 2.45) is 0 Å². The number of benzene rings is 1. The van der Waals surface area contributed by atoms with Gasteiger partial charge in [-0.3, -0.25) is 9.59 Å². The third-order valence-corrected chi connectivity index (χ3v) is 6.25. The van der Waals surface area contributed by atoms with Gasteiger partial charge in [0.1, 0.15) is 0 Å². The lowest BCUT2D eigenvalue weighted by molar-refractivity contribution is -0.119. The van der Waals surface area contributed by atoms with E-state index in [1.807, 2.05) is 12.1 Å². The van der Waals surface area contributed by atoms with Crippen LogP contribution < -0.4 is 29.9 Å². The summed E-state index contributed by atoms with van der Waals surface area (Å²) < 4.78 is 27.6. The maximum absolute atomic E-state index is 13.4. The van der Waals surface area contributed by atoms with Crippen LogP contribution in [0.15, 0.2) is 29.1 Å². The zero-order valence-electron chi connectivity index (χ0n) is 21.4. The number of hydrogen-bond acceptors (Lipinski definition) is 8. The Kier molecular flexibility index (Phi) is 8.58. The first kappa shape index (κ1) is 26.3. The maximum Gasteiger partial charge on any atom is 0.217 e. The van der Waals surface area contributed by atoms with Gasteiger partial charge in [0.05, 0.1) is 39.6 Å². The fourth-order valence-corrected chi connectivity index (χ4v) is 4.58. The highest BCUT2D eigenvalue weighted by Gasteiger charge is 2.29. The summed E-state index contributed by atoms with van der Waals surface area (Å²) in [6, 6.07) is 6.84. The Morgan fingerprint density at radius 1 is 1.06 bits per heavy atom. The Morgan fingerprint density at radius 2 is 1.74 bits per heavy atom. The molecule has 0 aromatic heterocycles. The number of hydrogen-bond donors (Lipinski definition) is 1. The minimum Gasteiger partial charge on any atom is -0.493 e. The fourth-order valence-electron chi connectivity index (χ4n) is 4.58. The zero-order valence-corrected chi connectivity index (χ0v) is 21.4. The number of carbonyl (C=O) groups excluding carboxylic acids is 1. The van der Waals surface area contributed by atoms with E-state index in [9.17, 15) is 9.59 Å². The average Bonchev–Trinajstić information content (AvgIpc) is 3.09. The van der Waals surface area contributed by atoms with E-state index in [4.69, 9.17) is 23.7 Å². The lowest BCUT2D eigenvalue weighted by atomic mass is 9.95. The molecule has 0 fully saturated rings. The molecule has 9 heteroatoms. The summed E-state index contributed by atoms with van der Waals surface area (Å²) in [4.78, 5) is 27.3. The molecule has 3 rings (SSSR count). The van der Waals surface area contributed by atoms with E-state index in [1.165, 1.54) is 6.92 Å². The molecule has 2 aromatic rings. The van der Waals surface area contributed by atoms with Crippen molar-refractivity contribution in [2.45, 2.75) is 32.1 Å². The second kappa shape index (κ2) is 11.4. The first-order valence-electron chi connectivity index (χ1n) is 11.3. The lowest BCUT2D eigenvalue weighted by Gasteiger charge is -2.22. The number of fused-ring (bicyclic) bond motifs is 3. The molecule has 0 radical (unpaired) electrons. The van der Waals surface area contributed by atoms with E-state index in [0.717, 1.165) is 16.7 Å². The highest BCUT2D eigenvalue weighted by Crippen LogP contribution is 2.50. The summed E-state index contributed by atoms with van der Waals surface area (Å²) in [5.41, 5.74) is 3.56. The molecule has 190 valence electrons. The van der Waals surface area contributed by atoms with Gasteiger partial charge in [-0.1, -0.05) is 6.07 Å². The van der Waals surface area contributed by atoms with Gasteiger partial charge in [0.25, 0.3) is 0 Å². The topological polar surface area (TPSA) is 95.6 Å². The van der Waals surface area contributed by atoms with Crippen molar-refractivity contribution in [3.05, 3.63) is 45.6 Å². The van der Waals surface area contributed by atoms with Crippen molar-refractivity contribution in [3.8, 4) is 28.4 Å². The van der Waals surface area contributed by atoms with Gasteiger partial charge in [-0.05, 0) is 47.7 Å². The first-order valence-corrected chi connectivity index (χ1v) is 11.3. The highest BCUT2D eigenvalue weighted by atomic mass is 16.7. The van der Waals surface area contributed by atoms with Crippen LogP contribution in [0.5, 0.6) is 17.2 Å². The SMILES string of the molecule is COc1cc2c(c(OC)c1OC)-c1ccc(N(C)CC(OC)OC)c(=O)cc1[C@H](NC(C)=O)CC2. The van der Waals surface area contributed by atoms with Crippen molar-refractivity contribution in [1.29, 1.82) is 0 Å². The quantitative estimate of drug-likeness (QED) is 0.541. The van der Waals surface area contributed by atoms with Crippen molar-refractivity contribution >= 4 is 11.6 Å². The van der Waals surface area contributed by atoms with Crippen LogP contribution in [0.2, 0.25) is 0 Å². The molecule has 9 nitrogen and oxygen atoms in total. The van der Waals surface area contributed by atoms with Crippen LogP contribution in [0.4, 0.5) is 5.69 Å². The summed E-state index contributed by atoms with van der Waals surface area (Å²) in [5.74, 6) is 1.36. The molecular weight excluding hydrogens is 452 g/mol. The smallest absolute Gasteiger partial charge is 0.217 e. The number of rotatable bonds is 9. The van der Waals surface area contributed by atoms with Gasteiger partial charge in [-0.25, -0.2) is 0 Å². The average molecular weight is 487 g/mol. The van der Waals surface area contributed by atoms with E-state index in [1.54, 1.807) is 59.6 Å². The molecule has 0 heterocycles. The number of aryl methyl sites for hydroxylation is 1. The van der Waals surface area contributed by atoms with Crippen molar-refractivity contribution < 1.29 is 28.5 Å². The predicted octanol–water partition coefficient (Wildman–Crippen LogP) is 2.92. The number of methoxy groups -OCH3 is 5. The van der Waals surface area contributed by atoms with Gasteiger partial charge in [-0.15, -0.1) is 0 Å². The monoisotopic (exact) mass is 486 g/mol. The van der Waals surface area contributed by atoms with Crippen LogP contribution in [0.3, 0.4) is 0 Å². The van der Waals surface area contributed by atoms with Crippen LogP contribution in [-0.4, -0.2) is 61.3 Å². The minimum absolute atomic E-state index is 0.173. The normalized spacial score (nSPS) is 14.5. The molecule has 1 aliphatic carbocycles. The zero-order chi connectivity index (χ0) is 25.7. The fraction of sp³-hybridized carbons (Fsp3) is 0.462. The Balaban J connectivity index is 2.31. The standard InChI is InChI=1S/C26H34N2O7/c1-15(29)27-19-10-8-16-12-22(31-3)25(34-6)26(35-7)24(16)17-9-11-20(21(30)13-18(17)19)28(2)14-23(32-4)33-5/h9,11-13,19,23H,8,10,14H2,1-7H3,(H,27,29)/t19-/m1/s1. The third-order valence-electron chi connectivity index (χ3n) is 6.25. The number of carbonyl (C=O) groups is 1. The number of nitrogens with zero attached hydrogens (tertiary/aromatic N) is 1. The van der Waals surface area contributed by atoms with Crippen molar-refractivity contribution in [3.63, 3.8) is 0 Å². The van der Waals surface area contributed by atoms with Crippen LogP contribution in [0, 0.1) is 0 Å². The lowest BCUT2D eigenvalue weighted by Crippen LogP contribution is -2.33. The molecule has 2 aromatic carbocycles. The van der Waals surface area contributed by atoms with Gasteiger partial charge in [0.15, 0.2) is 17.8 Å². The number of nitrogens with one attached hydrogen (secondary N) is 1. The van der Waals surface area contributed by atoms with E-state index >= 15 is 0 Å². The molecule has 0 saturated carbocycles. The summed E-state index contributed by atoms with van der Waals surface area (Å²) >= 11 is 0. The van der Waals surface area contributed by atoms with Crippen LogP contribution >= 0.6 is 0 Å². The van der Waals surface area contributed by atoms with Crippen LogP contribution in [0.25, 0.3) is 11.1 Å². The predicted molar refractivity (Wildman–Crippen MR) is 134 cm³/mol. The molecule has 1 N–H and O–H groups in total. The molecule has 0 unspecified atom stereocenters. The Bertz CT molecular complexity index is 1130. The second-order valence-corrected chi connectivity index (χ2v) is 8.35.